The normalized spacial score (nSPS) is 10.2. The number of carbonyl (C=O) groups excluding carboxylic acids is 1. The number of rotatable bonds is 9. The Bertz CT molecular complexity index is 638. The molecule has 0 aliphatic carbocycles. The summed E-state index contributed by atoms with van der Waals surface area (Å²) in [5, 5.41) is 2.94. The highest BCUT2D eigenvalue weighted by molar-refractivity contribution is 5.94. The summed E-state index contributed by atoms with van der Waals surface area (Å²) in [5.74, 6) is 1.57. The van der Waals surface area contributed by atoms with E-state index in [0.29, 0.717) is 18.7 Å². The van der Waals surface area contributed by atoms with Gasteiger partial charge in [0, 0.05) is 12.1 Å². The molecule has 0 aliphatic rings. The van der Waals surface area contributed by atoms with Crippen LogP contribution in [-0.2, 0) is 6.42 Å². The molecule has 24 heavy (non-hydrogen) atoms. The molecule has 0 aliphatic heterocycles. The summed E-state index contributed by atoms with van der Waals surface area (Å²) >= 11 is 0. The monoisotopic (exact) mass is 327 g/mol. The Kier molecular flexibility index (Phi) is 7.15. The number of para-hydroxylation sites is 1. The lowest BCUT2D eigenvalue weighted by molar-refractivity contribution is 0.0954. The minimum Gasteiger partial charge on any atom is -0.496 e. The van der Waals surface area contributed by atoms with Gasteiger partial charge in [-0.15, -0.1) is 0 Å². The lowest BCUT2D eigenvalue weighted by Gasteiger charge is -2.10. The predicted molar refractivity (Wildman–Crippen MR) is 95.9 cm³/mol. The van der Waals surface area contributed by atoms with Gasteiger partial charge in [0.2, 0.25) is 0 Å². The lowest BCUT2D eigenvalue weighted by Crippen LogP contribution is -2.25. The van der Waals surface area contributed by atoms with E-state index in [1.54, 1.807) is 19.2 Å². The SMILES string of the molecule is CCCCOc1ccc(C(=O)NCCc2ccccc2OC)cc1. The molecular formula is C20H25NO3. The minimum absolute atomic E-state index is 0.0787. The van der Waals surface area contributed by atoms with Crippen molar-refractivity contribution in [2.45, 2.75) is 26.2 Å². The molecule has 2 rings (SSSR count). The van der Waals surface area contributed by atoms with Crippen LogP contribution in [0.5, 0.6) is 11.5 Å². The fourth-order valence-electron chi connectivity index (χ4n) is 2.36. The smallest absolute Gasteiger partial charge is 0.251 e. The number of unbranched alkanes of at least 4 members (excludes halogenated alkanes) is 1. The number of ether oxygens (including phenoxy) is 2. The molecule has 0 aromatic heterocycles. The number of carbonyl (C=O) groups is 1. The van der Waals surface area contributed by atoms with Gasteiger partial charge in [-0.1, -0.05) is 31.5 Å². The Morgan fingerprint density at radius 1 is 1.08 bits per heavy atom. The van der Waals surface area contributed by atoms with Crippen molar-refractivity contribution in [1.29, 1.82) is 0 Å². The van der Waals surface area contributed by atoms with E-state index >= 15 is 0 Å². The summed E-state index contributed by atoms with van der Waals surface area (Å²) in [5.41, 5.74) is 1.72. The molecule has 0 saturated carbocycles. The third-order valence-electron chi connectivity index (χ3n) is 3.76. The molecule has 4 heteroatoms. The van der Waals surface area contributed by atoms with Gasteiger partial charge in [-0.2, -0.15) is 0 Å². The highest BCUT2D eigenvalue weighted by Crippen LogP contribution is 2.17. The van der Waals surface area contributed by atoms with Crippen LogP contribution in [0.4, 0.5) is 0 Å². The van der Waals surface area contributed by atoms with Crippen molar-refractivity contribution in [2.75, 3.05) is 20.3 Å². The molecule has 1 N–H and O–H groups in total. The van der Waals surface area contributed by atoms with Gasteiger partial charge in [0.1, 0.15) is 11.5 Å². The quantitative estimate of drug-likeness (QED) is 0.712. The summed E-state index contributed by atoms with van der Waals surface area (Å²) in [4.78, 5) is 12.2. The van der Waals surface area contributed by atoms with E-state index in [1.165, 1.54) is 0 Å². The molecule has 2 aromatic carbocycles. The Hall–Kier alpha value is -2.49. The van der Waals surface area contributed by atoms with Crippen molar-refractivity contribution in [3.8, 4) is 11.5 Å². The first kappa shape index (κ1) is 17.9. The Morgan fingerprint density at radius 3 is 2.54 bits per heavy atom. The molecule has 128 valence electrons. The molecule has 1 amide bonds. The summed E-state index contributed by atoms with van der Waals surface area (Å²) in [6, 6.07) is 15.1. The number of methoxy groups -OCH3 is 1. The summed E-state index contributed by atoms with van der Waals surface area (Å²) < 4.78 is 10.9. The molecule has 0 bridgehead atoms. The molecule has 0 heterocycles. The lowest BCUT2D eigenvalue weighted by atomic mass is 10.1. The van der Waals surface area contributed by atoms with Crippen LogP contribution in [0.3, 0.4) is 0 Å². The Labute approximate surface area is 143 Å². The first-order valence-electron chi connectivity index (χ1n) is 8.37. The van der Waals surface area contributed by atoms with E-state index in [-0.39, 0.29) is 5.91 Å². The van der Waals surface area contributed by atoms with Crippen LogP contribution in [-0.4, -0.2) is 26.2 Å². The van der Waals surface area contributed by atoms with Crippen molar-refractivity contribution in [3.05, 3.63) is 59.7 Å². The van der Waals surface area contributed by atoms with Crippen molar-refractivity contribution in [3.63, 3.8) is 0 Å². The van der Waals surface area contributed by atoms with Gasteiger partial charge in [-0.05, 0) is 48.7 Å². The zero-order valence-corrected chi connectivity index (χ0v) is 14.4. The second kappa shape index (κ2) is 9.60. The van der Waals surface area contributed by atoms with Gasteiger partial charge < -0.3 is 14.8 Å². The van der Waals surface area contributed by atoms with Gasteiger partial charge in [0.25, 0.3) is 5.91 Å². The standard InChI is InChI=1S/C20H25NO3/c1-3-4-15-24-18-11-9-17(10-12-18)20(22)21-14-13-16-7-5-6-8-19(16)23-2/h5-12H,3-4,13-15H2,1-2H3,(H,21,22). The van der Waals surface area contributed by atoms with Gasteiger partial charge in [-0.3, -0.25) is 4.79 Å². The number of hydrogen-bond acceptors (Lipinski definition) is 3. The van der Waals surface area contributed by atoms with Crippen LogP contribution in [0.1, 0.15) is 35.7 Å². The van der Waals surface area contributed by atoms with Crippen LogP contribution in [0.15, 0.2) is 48.5 Å². The van der Waals surface area contributed by atoms with E-state index in [9.17, 15) is 4.79 Å². The molecular weight excluding hydrogens is 302 g/mol. The van der Waals surface area contributed by atoms with E-state index in [0.717, 1.165) is 36.3 Å². The van der Waals surface area contributed by atoms with Crippen LogP contribution < -0.4 is 14.8 Å². The fraction of sp³-hybridized carbons (Fsp3) is 0.350. The number of amides is 1. The average molecular weight is 327 g/mol. The second-order valence-corrected chi connectivity index (χ2v) is 5.54. The van der Waals surface area contributed by atoms with Crippen molar-refractivity contribution >= 4 is 5.91 Å². The van der Waals surface area contributed by atoms with Crippen molar-refractivity contribution in [2.24, 2.45) is 0 Å². The van der Waals surface area contributed by atoms with Crippen molar-refractivity contribution in [1.82, 2.24) is 5.32 Å². The predicted octanol–water partition coefficient (Wildman–Crippen LogP) is 3.85. The zero-order valence-electron chi connectivity index (χ0n) is 14.4. The molecule has 0 saturated heterocycles. The highest BCUT2D eigenvalue weighted by atomic mass is 16.5. The van der Waals surface area contributed by atoms with Gasteiger partial charge >= 0.3 is 0 Å². The molecule has 0 radical (unpaired) electrons. The molecule has 0 atom stereocenters. The van der Waals surface area contributed by atoms with Crippen LogP contribution in [0.25, 0.3) is 0 Å². The van der Waals surface area contributed by atoms with Crippen LogP contribution in [0.2, 0.25) is 0 Å². The van der Waals surface area contributed by atoms with Crippen LogP contribution >= 0.6 is 0 Å². The molecule has 0 unspecified atom stereocenters. The summed E-state index contributed by atoms with van der Waals surface area (Å²) in [6.45, 7) is 3.40. The van der Waals surface area contributed by atoms with E-state index in [4.69, 9.17) is 9.47 Å². The Morgan fingerprint density at radius 2 is 1.83 bits per heavy atom. The first-order chi connectivity index (χ1) is 11.7. The summed E-state index contributed by atoms with van der Waals surface area (Å²) in [6.07, 6.45) is 2.87. The third-order valence-corrected chi connectivity index (χ3v) is 3.76. The zero-order chi connectivity index (χ0) is 17.2. The van der Waals surface area contributed by atoms with E-state index in [1.807, 2.05) is 36.4 Å². The van der Waals surface area contributed by atoms with Crippen molar-refractivity contribution < 1.29 is 14.3 Å². The molecule has 0 fully saturated rings. The largest absolute Gasteiger partial charge is 0.496 e. The number of nitrogens with one attached hydrogen (secondary N) is 1. The Balaban J connectivity index is 1.82. The molecule has 2 aromatic rings. The van der Waals surface area contributed by atoms with Crippen LogP contribution in [0, 0.1) is 0 Å². The third kappa shape index (κ3) is 5.30. The number of benzene rings is 2. The maximum atomic E-state index is 12.2. The van der Waals surface area contributed by atoms with Gasteiger partial charge in [0.05, 0.1) is 13.7 Å². The average Bonchev–Trinajstić information content (AvgIpc) is 2.63. The maximum absolute atomic E-state index is 12.2. The van der Waals surface area contributed by atoms with Gasteiger partial charge in [-0.25, -0.2) is 0 Å². The molecule has 4 nitrogen and oxygen atoms in total. The highest BCUT2D eigenvalue weighted by Gasteiger charge is 2.06. The molecule has 0 spiro atoms. The van der Waals surface area contributed by atoms with E-state index in [2.05, 4.69) is 12.2 Å². The topological polar surface area (TPSA) is 47.6 Å². The fourth-order valence-corrected chi connectivity index (χ4v) is 2.36. The second-order valence-electron chi connectivity index (χ2n) is 5.54. The first-order valence-corrected chi connectivity index (χ1v) is 8.37. The van der Waals surface area contributed by atoms with E-state index < -0.39 is 0 Å². The minimum atomic E-state index is -0.0787. The number of hydrogen-bond donors (Lipinski definition) is 1. The maximum Gasteiger partial charge on any atom is 0.251 e. The van der Waals surface area contributed by atoms with Gasteiger partial charge in [0.15, 0.2) is 0 Å². The summed E-state index contributed by atoms with van der Waals surface area (Å²) in [7, 11) is 1.65.